The van der Waals surface area contributed by atoms with E-state index in [1.807, 2.05) is 12.3 Å². The Labute approximate surface area is 81.2 Å². The van der Waals surface area contributed by atoms with Gasteiger partial charge in [0.05, 0.1) is 0 Å². The summed E-state index contributed by atoms with van der Waals surface area (Å²) in [5.41, 5.74) is 1.44. The van der Waals surface area contributed by atoms with Crippen molar-refractivity contribution in [1.82, 2.24) is 4.98 Å². The Morgan fingerprint density at radius 1 is 1.31 bits per heavy atom. The van der Waals surface area contributed by atoms with Crippen molar-refractivity contribution < 1.29 is 0 Å². The molecule has 1 heterocycles. The summed E-state index contributed by atoms with van der Waals surface area (Å²) >= 11 is 0. The highest BCUT2D eigenvalue weighted by Gasteiger charge is 2.20. The zero-order chi connectivity index (χ0) is 9.73. The first-order valence-electron chi connectivity index (χ1n) is 5.08. The lowest BCUT2D eigenvalue weighted by Crippen LogP contribution is -2.18. The molecule has 0 aromatic carbocycles. The van der Waals surface area contributed by atoms with E-state index in [9.17, 15) is 0 Å². The highest BCUT2D eigenvalue weighted by molar-refractivity contribution is 5.13. The van der Waals surface area contributed by atoms with E-state index in [0.29, 0.717) is 0 Å². The molecular weight excluding hydrogens is 158 g/mol. The minimum Gasteiger partial charge on any atom is -0.261 e. The molecule has 0 atom stereocenters. The molecule has 1 aromatic heterocycles. The first-order valence-corrected chi connectivity index (χ1v) is 5.08. The molecule has 0 aliphatic rings. The molecule has 1 nitrogen and oxygen atoms in total. The Hall–Kier alpha value is -0.850. The molecule has 0 saturated carbocycles. The summed E-state index contributed by atoms with van der Waals surface area (Å²) in [5.74, 6) is 0. The van der Waals surface area contributed by atoms with Gasteiger partial charge in [0, 0.05) is 17.3 Å². The molecule has 0 radical (unpaired) electrons. The number of unbranched alkanes of at least 4 members (excludes halogenated alkanes) is 1. The van der Waals surface area contributed by atoms with Crippen LogP contribution in [0.15, 0.2) is 24.4 Å². The minimum absolute atomic E-state index is 0.233. The normalized spacial score (nSPS) is 11.6. The van der Waals surface area contributed by atoms with Crippen molar-refractivity contribution in [3.63, 3.8) is 0 Å². The van der Waals surface area contributed by atoms with Crippen LogP contribution in [-0.4, -0.2) is 4.98 Å². The maximum atomic E-state index is 4.40. The molecule has 0 amide bonds. The van der Waals surface area contributed by atoms with Crippen LogP contribution in [0.25, 0.3) is 0 Å². The fourth-order valence-corrected chi connectivity index (χ4v) is 1.51. The summed E-state index contributed by atoms with van der Waals surface area (Å²) in [6.45, 7) is 6.77. The van der Waals surface area contributed by atoms with Gasteiger partial charge in [-0.1, -0.05) is 39.7 Å². The number of aromatic nitrogens is 1. The average Bonchev–Trinajstić information content (AvgIpc) is 2.16. The summed E-state index contributed by atoms with van der Waals surface area (Å²) in [5, 5.41) is 0. The van der Waals surface area contributed by atoms with Crippen molar-refractivity contribution in [2.45, 2.75) is 45.4 Å². The second-order valence-electron chi connectivity index (χ2n) is 4.20. The molecule has 0 N–H and O–H groups in total. The number of hydrogen-bond donors (Lipinski definition) is 0. The van der Waals surface area contributed by atoms with Crippen LogP contribution in [0.1, 0.15) is 45.7 Å². The zero-order valence-electron chi connectivity index (χ0n) is 8.88. The molecule has 72 valence electrons. The SMILES string of the molecule is CCCCC(C)(C)c1ccccn1. The standard InChI is InChI=1S/C12H19N/c1-4-5-9-12(2,3)11-8-6-7-10-13-11/h6-8,10H,4-5,9H2,1-3H3. The molecule has 0 aliphatic heterocycles. The Morgan fingerprint density at radius 2 is 2.08 bits per heavy atom. The van der Waals surface area contributed by atoms with Crippen molar-refractivity contribution in [2.24, 2.45) is 0 Å². The summed E-state index contributed by atoms with van der Waals surface area (Å²) < 4.78 is 0. The topological polar surface area (TPSA) is 12.9 Å². The van der Waals surface area contributed by atoms with E-state index in [1.54, 1.807) is 0 Å². The average molecular weight is 177 g/mol. The monoisotopic (exact) mass is 177 g/mol. The molecular formula is C12H19N. The van der Waals surface area contributed by atoms with Gasteiger partial charge >= 0.3 is 0 Å². The fraction of sp³-hybridized carbons (Fsp3) is 0.583. The van der Waals surface area contributed by atoms with Gasteiger partial charge in [-0.25, -0.2) is 0 Å². The molecule has 1 aromatic rings. The van der Waals surface area contributed by atoms with E-state index < -0.39 is 0 Å². The summed E-state index contributed by atoms with van der Waals surface area (Å²) in [6, 6.07) is 6.16. The Kier molecular flexibility index (Phi) is 3.47. The van der Waals surface area contributed by atoms with Crippen LogP contribution in [0.5, 0.6) is 0 Å². The summed E-state index contributed by atoms with van der Waals surface area (Å²) in [6.07, 6.45) is 5.64. The van der Waals surface area contributed by atoms with E-state index >= 15 is 0 Å². The lowest BCUT2D eigenvalue weighted by molar-refractivity contribution is 0.445. The molecule has 0 unspecified atom stereocenters. The predicted octanol–water partition coefficient (Wildman–Crippen LogP) is 3.55. The van der Waals surface area contributed by atoms with Crippen molar-refractivity contribution >= 4 is 0 Å². The van der Waals surface area contributed by atoms with Crippen LogP contribution >= 0.6 is 0 Å². The van der Waals surface area contributed by atoms with Crippen LogP contribution in [0, 0.1) is 0 Å². The quantitative estimate of drug-likeness (QED) is 0.685. The van der Waals surface area contributed by atoms with Gasteiger partial charge in [0.2, 0.25) is 0 Å². The van der Waals surface area contributed by atoms with Crippen LogP contribution in [0.4, 0.5) is 0 Å². The Balaban J connectivity index is 2.69. The van der Waals surface area contributed by atoms with Crippen LogP contribution in [0.3, 0.4) is 0 Å². The van der Waals surface area contributed by atoms with Gasteiger partial charge in [-0.15, -0.1) is 0 Å². The molecule has 0 bridgehead atoms. The highest BCUT2D eigenvalue weighted by Crippen LogP contribution is 2.26. The maximum Gasteiger partial charge on any atom is 0.0459 e. The first-order chi connectivity index (χ1) is 6.17. The van der Waals surface area contributed by atoms with Gasteiger partial charge in [0.15, 0.2) is 0 Å². The number of nitrogens with zero attached hydrogens (tertiary/aromatic N) is 1. The van der Waals surface area contributed by atoms with Gasteiger partial charge in [-0.3, -0.25) is 4.98 Å². The second-order valence-corrected chi connectivity index (χ2v) is 4.20. The third-order valence-electron chi connectivity index (χ3n) is 2.51. The van der Waals surface area contributed by atoms with Crippen LogP contribution < -0.4 is 0 Å². The van der Waals surface area contributed by atoms with E-state index in [1.165, 1.54) is 25.0 Å². The van der Waals surface area contributed by atoms with E-state index in [4.69, 9.17) is 0 Å². The van der Waals surface area contributed by atoms with Gasteiger partial charge < -0.3 is 0 Å². The first kappa shape index (κ1) is 10.2. The summed E-state index contributed by atoms with van der Waals surface area (Å²) in [7, 11) is 0. The van der Waals surface area contributed by atoms with E-state index in [-0.39, 0.29) is 5.41 Å². The third-order valence-corrected chi connectivity index (χ3v) is 2.51. The highest BCUT2D eigenvalue weighted by atomic mass is 14.7. The van der Waals surface area contributed by atoms with Crippen LogP contribution in [-0.2, 0) is 5.41 Å². The van der Waals surface area contributed by atoms with Crippen molar-refractivity contribution in [2.75, 3.05) is 0 Å². The van der Waals surface area contributed by atoms with E-state index in [2.05, 4.69) is 37.9 Å². The third kappa shape index (κ3) is 2.83. The molecule has 0 spiro atoms. The number of pyridine rings is 1. The molecule has 1 heteroatoms. The van der Waals surface area contributed by atoms with Crippen LogP contribution in [0.2, 0.25) is 0 Å². The molecule has 0 aliphatic carbocycles. The predicted molar refractivity (Wildman–Crippen MR) is 56.8 cm³/mol. The second kappa shape index (κ2) is 4.40. The number of hydrogen-bond acceptors (Lipinski definition) is 1. The van der Waals surface area contributed by atoms with Crippen molar-refractivity contribution in [3.8, 4) is 0 Å². The number of rotatable bonds is 4. The van der Waals surface area contributed by atoms with Crippen molar-refractivity contribution in [1.29, 1.82) is 0 Å². The van der Waals surface area contributed by atoms with Gasteiger partial charge in [0.1, 0.15) is 0 Å². The van der Waals surface area contributed by atoms with Gasteiger partial charge in [-0.05, 0) is 18.6 Å². The van der Waals surface area contributed by atoms with Gasteiger partial charge in [-0.2, -0.15) is 0 Å². The smallest absolute Gasteiger partial charge is 0.0459 e. The summed E-state index contributed by atoms with van der Waals surface area (Å²) in [4.78, 5) is 4.40. The van der Waals surface area contributed by atoms with E-state index in [0.717, 1.165) is 0 Å². The molecule has 0 fully saturated rings. The largest absolute Gasteiger partial charge is 0.261 e. The molecule has 13 heavy (non-hydrogen) atoms. The fourth-order valence-electron chi connectivity index (χ4n) is 1.51. The maximum absolute atomic E-state index is 4.40. The molecule has 1 rings (SSSR count). The Bertz CT molecular complexity index is 239. The Morgan fingerprint density at radius 3 is 2.62 bits per heavy atom. The molecule has 0 saturated heterocycles. The lowest BCUT2D eigenvalue weighted by atomic mass is 9.83. The van der Waals surface area contributed by atoms with Gasteiger partial charge in [0.25, 0.3) is 0 Å². The minimum atomic E-state index is 0.233. The van der Waals surface area contributed by atoms with Crippen molar-refractivity contribution in [3.05, 3.63) is 30.1 Å². The zero-order valence-corrected chi connectivity index (χ0v) is 8.88. The lowest BCUT2D eigenvalue weighted by Gasteiger charge is -2.23.